The van der Waals surface area contributed by atoms with Crippen LogP contribution in [0.15, 0.2) is 158 Å². The predicted molar refractivity (Wildman–Crippen MR) is 380 cm³/mol. The highest BCUT2D eigenvalue weighted by Gasteiger charge is 2.16. The Kier molecular flexibility index (Phi) is 70.9. The van der Waals surface area contributed by atoms with Crippen molar-refractivity contribution in [1.82, 2.24) is 0 Å². The highest BCUT2D eigenvalue weighted by molar-refractivity contribution is 5.70. The van der Waals surface area contributed by atoms with Crippen LogP contribution < -0.4 is 0 Å². The first-order valence-electron chi connectivity index (χ1n) is 36.0. The zero-order chi connectivity index (χ0) is 61.9. The fourth-order valence-corrected chi connectivity index (χ4v) is 9.95. The molecule has 0 aliphatic rings. The zero-order valence-electron chi connectivity index (χ0n) is 56.0. The quantitative estimate of drug-likeness (QED) is 0.0373. The maximum Gasteiger partial charge on any atom is 0.306 e. The molecule has 1 atom stereocenters. The number of allylic oxidation sites excluding steroid dienone is 26. The van der Waals surface area contributed by atoms with Crippen molar-refractivity contribution in [3.8, 4) is 0 Å². The molecular weight excluding hydrogens is 1050 g/mol. The fourth-order valence-electron chi connectivity index (χ4n) is 9.95. The van der Waals surface area contributed by atoms with Gasteiger partial charge in [-0.25, -0.2) is 0 Å². The van der Waals surface area contributed by atoms with Crippen molar-refractivity contribution in [3.63, 3.8) is 0 Å². The van der Waals surface area contributed by atoms with Gasteiger partial charge in [0.1, 0.15) is 6.61 Å². The smallest absolute Gasteiger partial charge is 0.306 e. The van der Waals surface area contributed by atoms with Gasteiger partial charge in [-0.1, -0.05) is 339 Å². The topological polar surface area (TPSA) is 72.8 Å². The number of aliphatic hydroxyl groups is 1. The molecule has 5 heteroatoms. The number of esters is 2. The SMILES string of the molecule is CC/C=C\C/C=C\C/C=C\C/C=C\C/C=C\C/C=C\C/C=C\C/C=C\C/C=C\C/C=C\CCCCCCC(=O)OC(CO)COC(=O)CCCCCCCCCCCCCCCCCCCCCCCC/C=C\C/C=C\C/C=C\CCCCCCC. The highest BCUT2D eigenvalue weighted by Crippen LogP contribution is 2.17. The first-order valence-corrected chi connectivity index (χ1v) is 36.0. The number of hydrogen-bond donors (Lipinski definition) is 1. The van der Waals surface area contributed by atoms with Crippen molar-refractivity contribution in [2.24, 2.45) is 0 Å². The summed E-state index contributed by atoms with van der Waals surface area (Å²) >= 11 is 0. The van der Waals surface area contributed by atoms with Crippen LogP contribution in [-0.4, -0.2) is 36.4 Å². The third-order valence-corrected chi connectivity index (χ3v) is 15.3. The molecule has 0 spiro atoms. The van der Waals surface area contributed by atoms with Gasteiger partial charge >= 0.3 is 11.9 Å². The molecule has 0 saturated carbocycles. The molecule has 0 aromatic heterocycles. The summed E-state index contributed by atoms with van der Waals surface area (Å²) in [5.41, 5.74) is 0. The van der Waals surface area contributed by atoms with E-state index in [9.17, 15) is 14.7 Å². The average Bonchev–Trinajstić information content (AvgIpc) is 3.55. The number of aliphatic hydroxyl groups excluding tert-OH is 1. The minimum Gasteiger partial charge on any atom is -0.462 e. The van der Waals surface area contributed by atoms with E-state index in [2.05, 4.69) is 172 Å². The third kappa shape index (κ3) is 72.0. The molecule has 0 aliphatic heterocycles. The van der Waals surface area contributed by atoms with Gasteiger partial charge in [-0.15, -0.1) is 0 Å². The lowest BCUT2D eigenvalue weighted by molar-refractivity contribution is -0.161. The van der Waals surface area contributed by atoms with Crippen LogP contribution in [-0.2, 0) is 19.1 Å². The van der Waals surface area contributed by atoms with Crippen LogP contribution in [0.5, 0.6) is 0 Å². The number of ether oxygens (including phenoxy) is 2. The van der Waals surface area contributed by atoms with Gasteiger partial charge in [-0.2, -0.15) is 0 Å². The van der Waals surface area contributed by atoms with Crippen LogP contribution in [0.1, 0.15) is 322 Å². The second-order valence-corrected chi connectivity index (χ2v) is 23.6. The first-order chi connectivity index (χ1) is 42.6. The van der Waals surface area contributed by atoms with Gasteiger partial charge in [0.25, 0.3) is 0 Å². The average molecular weight is 1190 g/mol. The summed E-state index contributed by atoms with van der Waals surface area (Å²) in [6.45, 7) is 4.01. The van der Waals surface area contributed by atoms with Gasteiger partial charge in [0.15, 0.2) is 6.10 Å². The third-order valence-electron chi connectivity index (χ3n) is 15.3. The molecule has 0 aliphatic carbocycles. The summed E-state index contributed by atoms with van der Waals surface area (Å²) in [5, 5.41) is 9.70. The van der Waals surface area contributed by atoms with Gasteiger partial charge in [-0.3, -0.25) is 9.59 Å². The summed E-state index contributed by atoms with van der Waals surface area (Å²) in [6.07, 6.45) is 114. The normalized spacial score (nSPS) is 13.2. The first kappa shape index (κ1) is 81.5. The van der Waals surface area contributed by atoms with Crippen LogP contribution in [0.25, 0.3) is 0 Å². The molecule has 0 heterocycles. The van der Waals surface area contributed by atoms with Crippen LogP contribution >= 0.6 is 0 Å². The second-order valence-electron chi connectivity index (χ2n) is 23.6. The lowest BCUT2D eigenvalue weighted by Gasteiger charge is -2.15. The lowest BCUT2D eigenvalue weighted by atomic mass is 10.0. The van der Waals surface area contributed by atoms with Crippen molar-refractivity contribution in [2.45, 2.75) is 328 Å². The Hall–Kier alpha value is -4.48. The maximum atomic E-state index is 12.4. The largest absolute Gasteiger partial charge is 0.462 e. The van der Waals surface area contributed by atoms with E-state index >= 15 is 0 Å². The molecule has 0 amide bonds. The molecule has 86 heavy (non-hydrogen) atoms. The van der Waals surface area contributed by atoms with Crippen LogP contribution in [0, 0.1) is 0 Å². The Balaban J connectivity index is 3.55. The molecule has 0 radical (unpaired) electrons. The van der Waals surface area contributed by atoms with Crippen LogP contribution in [0.3, 0.4) is 0 Å². The van der Waals surface area contributed by atoms with Crippen molar-refractivity contribution in [3.05, 3.63) is 158 Å². The molecule has 0 fully saturated rings. The Morgan fingerprint density at radius 3 is 0.756 bits per heavy atom. The highest BCUT2D eigenvalue weighted by atomic mass is 16.6. The van der Waals surface area contributed by atoms with Gasteiger partial charge < -0.3 is 14.6 Å². The van der Waals surface area contributed by atoms with Crippen molar-refractivity contribution in [1.29, 1.82) is 0 Å². The second kappa shape index (κ2) is 74.8. The van der Waals surface area contributed by atoms with E-state index in [4.69, 9.17) is 9.47 Å². The van der Waals surface area contributed by atoms with E-state index < -0.39 is 6.10 Å². The minimum atomic E-state index is -0.798. The van der Waals surface area contributed by atoms with E-state index in [0.29, 0.717) is 12.8 Å². The Morgan fingerprint density at radius 2 is 0.500 bits per heavy atom. The van der Waals surface area contributed by atoms with E-state index in [1.807, 2.05) is 0 Å². The lowest BCUT2D eigenvalue weighted by Crippen LogP contribution is -2.28. The van der Waals surface area contributed by atoms with Gasteiger partial charge in [0.05, 0.1) is 6.61 Å². The molecule has 0 aromatic rings. The molecule has 1 N–H and O–H groups in total. The molecular formula is C81H134O5. The minimum absolute atomic E-state index is 0.0830. The zero-order valence-corrected chi connectivity index (χ0v) is 56.0. The molecule has 0 rings (SSSR count). The standard InChI is InChI=1S/C81H134O5/c1-3-5-7-9-11-13-15-17-19-21-23-25-27-29-31-33-35-37-39-40-42-43-45-47-49-51-53-55-57-59-61-63-65-67-69-71-73-75-80(83)85-78-79(77-82)86-81(84)76-74-72-70-68-66-64-62-60-58-56-54-52-50-48-46-44-41-38-36-34-32-30-28-26-24-22-20-18-16-14-12-10-8-6-4-2/h6,8,12,14-15,17-18,20-21,23-24,26-27,29-30,32,36,38,44,46,50,52,56,58,62,64,79,82H,3-5,7,9-11,13,16,19,22,25,28,31,33-35,37,39-43,45,47-49,51,53-55,57,59-61,63,65-78H2,1-2H3/b8-6-,14-12-,17-15-,20-18-,23-21-,26-24-,29-27-,32-30-,38-36-,46-44-,52-50-,58-56-,64-62-. The fraction of sp³-hybridized carbons (Fsp3) is 0.654. The Morgan fingerprint density at radius 1 is 0.279 bits per heavy atom. The van der Waals surface area contributed by atoms with Gasteiger partial charge in [0, 0.05) is 12.8 Å². The molecule has 0 aromatic carbocycles. The van der Waals surface area contributed by atoms with Crippen molar-refractivity contribution < 1.29 is 24.2 Å². The van der Waals surface area contributed by atoms with E-state index in [0.717, 1.165) is 128 Å². The number of carbonyl (C=O) groups is 2. The number of rotatable bonds is 65. The number of carbonyl (C=O) groups excluding carboxylic acids is 2. The number of hydrogen-bond acceptors (Lipinski definition) is 5. The molecule has 488 valence electrons. The van der Waals surface area contributed by atoms with Crippen molar-refractivity contribution in [2.75, 3.05) is 13.2 Å². The molecule has 5 nitrogen and oxygen atoms in total. The van der Waals surface area contributed by atoms with Gasteiger partial charge in [-0.05, 0) is 128 Å². The maximum absolute atomic E-state index is 12.4. The summed E-state index contributed by atoms with van der Waals surface area (Å²) < 4.78 is 10.7. The molecule has 0 saturated heterocycles. The van der Waals surface area contributed by atoms with Gasteiger partial charge in [0.2, 0.25) is 0 Å². The summed E-state index contributed by atoms with van der Waals surface area (Å²) in [4.78, 5) is 24.7. The van der Waals surface area contributed by atoms with Crippen molar-refractivity contribution >= 4 is 11.9 Å². The Bertz CT molecular complexity index is 1830. The van der Waals surface area contributed by atoms with Crippen LogP contribution in [0.4, 0.5) is 0 Å². The van der Waals surface area contributed by atoms with E-state index in [1.165, 1.54) is 167 Å². The summed E-state index contributed by atoms with van der Waals surface area (Å²) in [7, 11) is 0. The molecule has 0 bridgehead atoms. The Labute approximate surface area is 532 Å². The van der Waals surface area contributed by atoms with E-state index in [-0.39, 0.29) is 25.2 Å². The van der Waals surface area contributed by atoms with Crippen LogP contribution in [0.2, 0.25) is 0 Å². The monoisotopic (exact) mass is 1190 g/mol. The summed E-state index contributed by atoms with van der Waals surface area (Å²) in [5.74, 6) is -0.619. The summed E-state index contributed by atoms with van der Waals surface area (Å²) in [6, 6.07) is 0. The predicted octanol–water partition coefficient (Wildman–Crippen LogP) is 25.4. The van der Waals surface area contributed by atoms with E-state index in [1.54, 1.807) is 0 Å². The number of unbranched alkanes of at least 4 members (excludes halogenated alkanes) is 31. The molecule has 1 unspecified atom stereocenters.